The summed E-state index contributed by atoms with van der Waals surface area (Å²) < 4.78 is 0. The van der Waals surface area contributed by atoms with Gasteiger partial charge in [0.2, 0.25) is 11.8 Å². The Hall–Kier alpha value is -0.900. The van der Waals surface area contributed by atoms with Gasteiger partial charge >= 0.3 is 0 Å². The highest BCUT2D eigenvalue weighted by Crippen LogP contribution is 2.64. The number of piperidine rings is 1. The van der Waals surface area contributed by atoms with Crippen LogP contribution in [0.25, 0.3) is 0 Å². The van der Waals surface area contributed by atoms with E-state index in [0.717, 1.165) is 19.3 Å². The van der Waals surface area contributed by atoms with Gasteiger partial charge in [0.1, 0.15) is 0 Å². The SMILES string of the molecule is CC1(C)C2C(=O)N(C3CCCCC3CN)C(=O)C21. The molecule has 1 saturated heterocycles. The lowest BCUT2D eigenvalue weighted by molar-refractivity contribution is -0.148. The summed E-state index contributed by atoms with van der Waals surface area (Å²) in [4.78, 5) is 26.4. The summed E-state index contributed by atoms with van der Waals surface area (Å²) in [6, 6.07) is 0.0762. The molecule has 0 radical (unpaired) electrons. The number of likely N-dealkylation sites (tertiary alicyclic amines) is 1. The molecule has 2 saturated carbocycles. The lowest BCUT2D eigenvalue weighted by Crippen LogP contribution is -2.50. The zero-order chi connectivity index (χ0) is 13.1. The van der Waals surface area contributed by atoms with E-state index < -0.39 is 0 Å². The Morgan fingerprint density at radius 2 is 1.72 bits per heavy atom. The van der Waals surface area contributed by atoms with E-state index in [2.05, 4.69) is 0 Å². The lowest BCUT2D eigenvalue weighted by atomic mass is 9.83. The van der Waals surface area contributed by atoms with Gasteiger partial charge in [-0.05, 0) is 30.7 Å². The number of rotatable bonds is 2. The van der Waals surface area contributed by atoms with Gasteiger partial charge in [-0.3, -0.25) is 14.5 Å². The van der Waals surface area contributed by atoms with E-state index in [4.69, 9.17) is 5.73 Å². The molecule has 3 aliphatic rings. The molecule has 3 fully saturated rings. The molecule has 0 aromatic carbocycles. The van der Waals surface area contributed by atoms with Crippen LogP contribution in [0.15, 0.2) is 0 Å². The molecule has 2 aliphatic carbocycles. The Kier molecular flexibility index (Phi) is 2.56. The lowest BCUT2D eigenvalue weighted by Gasteiger charge is -2.37. The Morgan fingerprint density at radius 1 is 1.17 bits per heavy atom. The number of hydrogen-bond donors (Lipinski definition) is 1. The molecule has 18 heavy (non-hydrogen) atoms. The predicted octanol–water partition coefficient (Wildman–Crippen LogP) is 1.14. The Labute approximate surface area is 108 Å². The monoisotopic (exact) mass is 250 g/mol. The minimum atomic E-state index is -0.0997. The van der Waals surface area contributed by atoms with Gasteiger partial charge in [0, 0.05) is 6.04 Å². The van der Waals surface area contributed by atoms with E-state index in [1.165, 1.54) is 6.42 Å². The maximum absolute atomic E-state index is 12.4. The molecule has 0 spiro atoms. The number of imide groups is 1. The van der Waals surface area contributed by atoms with Gasteiger partial charge in [0.15, 0.2) is 0 Å². The van der Waals surface area contributed by atoms with Crippen LogP contribution in [-0.4, -0.2) is 29.3 Å². The summed E-state index contributed by atoms with van der Waals surface area (Å²) in [7, 11) is 0. The van der Waals surface area contributed by atoms with Gasteiger partial charge in [-0.15, -0.1) is 0 Å². The largest absolute Gasteiger partial charge is 0.330 e. The van der Waals surface area contributed by atoms with Crippen molar-refractivity contribution >= 4 is 11.8 Å². The second-order valence-electron chi connectivity index (χ2n) is 6.67. The standard InChI is InChI=1S/C14H22N2O2/c1-14(2)10-11(14)13(18)16(12(10)17)9-6-4-3-5-8(9)7-15/h8-11H,3-7,15H2,1-2H3. The van der Waals surface area contributed by atoms with E-state index >= 15 is 0 Å². The van der Waals surface area contributed by atoms with Gasteiger partial charge in [-0.1, -0.05) is 26.7 Å². The fraction of sp³-hybridized carbons (Fsp3) is 0.857. The molecule has 4 nitrogen and oxygen atoms in total. The summed E-state index contributed by atoms with van der Waals surface area (Å²) in [5.74, 6) is 0.351. The molecule has 0 bridgehead atoms. The highest BCUT2D eigenvalue weighted by atomic mass is 16.2. The molecule has 0 aromatic heterocycles. The number of hydrogen-bond acceptors (Lipinski definition) is 3. The quantitative estimate of drug-likeness (QED) is 0.748. The fourth-order valence-electron chi connectivity index (χ4n) is 4.10. The van der Waals surface area contributed by atoms with Crippen LogP contribution in [0.4, 0.5) is 0 Å². The molecular weight excluding hydrogens is 228 g/mol. The number of nitrogens with two attached hydrogens (primary N) is 1. The van der Waals surface area contributed by atoms with E-state index in [-0.39, 0.29) is 35.1 Å². The zero-order valence-electron chi connectivity index (χ0n) is 11.2. The van der Waals surface area contributed by atoms with Crippen LogP contribution in [-0.2, 0) is 9.59 Å². The van der Waals surface area contributed by atoms with Crippen molar-refractivity contribution in [2.24, 2.45) is 28.9 Å². The minimum Gasteiger partial charge on any atom is -0.330 e. The van der Waals surface area contributed by atoms with Crippen LogP contribution in [0.2, 0.25) is 0 Å². The minimum absolute atomic E-state index is 0.0506. The van der Waals surface area contributed by atoms with E-state index in [0.29, 0.717) is 12.5 Å². The van der Waals surface area contributed by atoms with Crippen LogP contribution >= 0.6 is 0 Å². The molecule has 4 unspecified atom stereocenters. The van der Waals surface area contributed by atoms with Gasteiger partial charge in [0.05, 0.1) is 11.8 Å². The third-order valence-electron chi connectivity index (χ3n) is 5.34. The Morgan fingerprint density at radius 3 is 2.28 bits per heavy atom. The first-order chi connectivity index (χ1) is 8.50. The molecule has 1 aliphatic heterocycles. The molecule has 2 amide bonds. The van der Waals surface area contributed by atoms with Crippen molar-refractivity contribution in [3.05, 3.63) is 0 Å². The first-order valence-corrected chi connectivity index (χ1v) is 7.07. The number of fused-ring (bicyclic) bond motifs is 1. The molecule has 3 rings (SSSR count). The highest BCUT2D eigenvalue weighted by molar-refractivity contribution is 6.10. The van der Waals surface area contributed by atoms with Crippen LogP contribution in [0.1, 0.15) is 39.5 Å². The Balaban J connectivity index is 1.82. The van der Waals surface area contributed by atoms with Crippen LogP contribution in [0.5, 0.6) is 0 Å². The maximum atomic E-state index is 12.4. The molecule has 4 heteroatoms. The second kappa shape index (κ2) is 3.80. The fourth-order valence-corrected chi connectivity index (χ4v) is 4.10. The van der Waals surface area contributed by atoms with Crippen LogP contribution < -0.4 is 5.73 Å². The van der Waals surface area contributed by atoms with Crippen molar-refractivity contribution in [3.63, 3.8) is 0 Å². The van der Waals surface area contributed by atoms with Gasteiger partial charge < -0.3 is 5.73 Å². The summed E-state index contributed by atoms with van der Waals surface area (Å²) in [6.45, 7) is 4.63. The third-order valence-corrected chi connectivity index (χ3v) is 5.34. The first-order valence-electron chi connectivity index (χ1n) is 7.07. The van der Waals surface area contributed by atoms with Gasteiger partial charge in [-0.25, -0.2) is 0 Å². The van der Waals surface area contributed by atoms with Gasteiger partial charge in [-0.2, -0.15) is 0 Å². The highest BCUT2D eigenvalue weighted by Gasteiger charge is 2.73. The topological polar surface area (TPSA) is 63.4 Å². The van der Waals surface area contributed by atoms with Crippen molar-refractivity contribution < 1.29 is 9.59 Å². The van der Waals surface area contributed by atoms with E-state index in [1.54, 1.807) is 4.90 Å². The Bertz CT molecular complexity index is 381. The first kappa shape index (κ1) is 12.2. The number of amides is 2. The van der Waals surface area contributed by atoms with Crippen LogP contribution in [0.3, 0.4) is 0 Å². The summed E-state index contributed by atoms with van der Waals surface area (Å²) >= 11 is 0. The normalized spacial score (nSPS) is 42.1. The summed E-state index contributed by atoms with van der Waals surface area (Å²) in [5, 5.41) is 0. The molecule has 1 heterocycles. The number of nitrogens with zero attached hydrogens (tertiary/aromatic N) is 1. The zero-order valence-corrected chi connectivity index (χ0v) is 11.2. The smallest absolute Gasteiger partial charge is 0.233 e. The number of carbonyl (C=O) groups is 2. The average molecular weight is 250 g/mol. The van der Waals surface area contributed by atoms with Crippen molar-refractivity contribution in [1.29, 1.82) is 0 Å². The molecule has 4 atom stereocenters. The number of carbonyl (C=O) groups excluding carboxylic acids is 2. The second-order valence-corrected chi connectivity index (χ2v) is 6.67. The predicted molar refractivity (Wildman–Crippen MR) is 67.4 cm³/mol. The molecular formula is C14H22N2O2. The van der Waals surface area contributed by atoms with Gasteiger partial charge in [0.25, 0.3) is 0 Å². The van der Waals surface area contributed by atoms with E-state index in [1.807, 2.05) is 13.8 Å². The van der Waals surface area contributed by atoms with E-state index in [9.17, 15) is 9.59 Å². The van der Waals surface area contributed by atoms with Crippen molar-refractivity contribution in [2.75, 3.05) is 6.54 Å². The summed E-state index contributed by atoms with van der Waals surface area (Å²) in [5.41, 5.74) is 5.70. The van der Waals surface area contributed by atoms with Crippen molar-refractivity contribution in [3.8, 4) is 0 Å². The maximum Gasteiger partial charge on any atom is 0.233 e. The molecule has 0 aromatic rings. The van der Waals surface area contributed by atoms with Crippen molar-refractivity contribution in [1.82, 2.24) is 4.90 Å². The third kappa shape index (κ3) is 1.41. The molecule has 2 N–H and O–H groups in total. The summed E-state index contributed by atoms with van der Waals surface area (Å²) in [6.07, 6.45) is 4.28. The molecule has 100 valence electrons. The van der Waals surface area contributed by atoms with Crippen LogP contribution in [0, 0.1) is 23.2 Å². The van der Waals surface area contributed by atoms with Crippen molar-refractivity contribution in [2.45, 2.75) is 45.6 Å². The average Bonchev–Trinajstić information content (AvgIpc) is 2.80.